The lowest BCUT2D eigenvalue weighted by Crippen LogP contribution is -2.30. The van der Waals surface area contributed by atoms with Crippen molar-refractivity contribution in [2.75, 3.05) is 32.0 Å². The lowest BCUT2D eigenvalue weighted by atomic mass is 10.3. The molecule has 9 heteroatoms. The first kappa shape index (κ1) is 20.9. The second-order valence-corrected chi connectivity index (χ2v) is 10.5. The Balaban J connectivity index is 1.33. The molecule has 1 amide bonds. The van der Waals surface area contributed by atoms with Crippen LogP contribution < -0.4 is 5.32 Å². The minimum atomic E-state index is -3.44. The first-order valence-corrected chi connectivity index (χ1v) is 12.1. The highest BCUT2D eigenvalue weighted by Crippen LogP contribution is 2.23. The summed E-state index contributed by atoms with van der Waals surface area (Å²) in [7, 11) is -1.57. The van der Waals surface area contributed by atoms with Crippen LogP contribution in [0.25, 0.3) is 10.2 Å². The zero-order valence-corrected chi connectivity index (χ0v) is 18.4. The molecular weight excluding hydrogens is 420 g/mol. The molecule has 1 fully saturated rings. The van der Waals surface area contributed by atoms with Crippen molar-refractivity contribution in [2.24, 2.45) is 0 Å². The van der Waals surface area contributed by atoms with E-state index in [1.807, 2.05) is 36.2 Å². The van der Waals surface area contributed by atoms with E-state index in [4.69, 9.17) is 0 Å². The van der Waals surface area contributed by atoms with Crippen LogP contribution >= 0.6 is 11.3 Å². The topological polar surface area (TPSA) is 82.6 Å². The first-order valence-electron chi connectivity index (χ1n) is 9.85. The maximum atomic E-state index is 12.6. The van der Waals surface area contributed by atoms with Crippen LogP contribution in [0.2, 0.25) is 0 Å². The molecule has 1 aromatic heterocycles. The van der Waals surface area contributed by atoms with Crippen molar-refractivity contribution in [3.63, 3.8) is 0 Å². The molecule has 0 saturated carbocycles. The SMILES string of the molecule is CN(CC(=O)Nc1ccc(S(=O)(=O)N2CCCC2)cc1)Cc1nc2ccccc2s1. The molecule has 0 unspecified atom stereocenters. The summed E-state index contributed by atoms with van der Waals surface area (Å²) in [6.45, 7) is 1.94. The number of nitrogens with one attached hydrogen (secondary N) is 1. The number of aromatic nitrogens is 1. The van der Waals surface area contributed by atoms with E-state index in [9.17, 15) is 13.2 Å². The Hall–Kier alpha value is -2.33. The number of carbonyl (C=O) groups excluding carboxylic acids is 1. The Kier molecular flexibility index (Phi) is 6.14. The number of hydrogen-bond acceptors (Lipinski definition) is 6. The smallest absolute Gasteiger partial charge is 0.243 e. The summed E-state index contributed by atoms with van der Waals surface area (Å²) in [6.07, 6.45) is 1.80. The Morgan fingerprint density at radius 2 is 1.83 bits per heavy atom. The second-order valence-electron chi connectivity index (χ2n) is 7.43. The van der Waals surface area contributed by atoms with Crippen molar-refractivity contribution in [3.05, 3.63) is 53.5 Å². The van der Waals surface area contributed by atoms with Crippen LogP contribution in [0.5, 0.6) is 0 Å². The van der Waals surface area contributed by atoms with E-state index in [1.54, 1.807) is 35.6 Å². The largest absolute Gasteiger partial charge is 0.325 e. The average Bonchev–Trinajstić information content (AvgIpc) is 3.38. The number of likely N-dealkylation sites (N-methyl/N-ethyl adjacent to an activating group) is 1. The van der Waals surface area contributed by atoms with E-state index >= 15 is 0 Å². The fraction of sp³-hybridized carbons (Fsp3) is 0.333. The molecule has 1 N–H and O–H groups in total. The van der Waals surface area contributed by atoms with Crippen molar-refractivity contribution >= 4 is 43.2 Å². The Labute approximate surface area is 180 Å². The van der Waals surface area contributed by atoms with Gasteiger partial charge in [0.2, 0.25) is 15.9 Å². The maximum absolute atomic E-state index is 12.6. The zero-order valence-electron chi connectivity index (χ0n) is 16.7. The minimum absolute atomic E-state index is 0.159. The quantitative estimate of drug-likeness (QED) is 0.605. The number of sulfonamides is 1. The molecule has 1 saturated heterocycles. The van der Waals surface area contributed by atoms with Crippen LogP contribution in [-0.2, 0) is 21.4 Å². The number of nitrogens with zero attached hydrogens (tertiary/aromatic N) is 3. The van der Waals surface area contributed by atoms with Crippen LogP contribution in [0.15, 0.2) is 53.4 Å². The molecule has 7 nitrogen and oxygen atoms in total. The van der Waals surface area contributed by atoms with Gasteiger partial charge in [-0.2, -0.15) is 4.31 Å². The number of carbonyl (C=O) groups is 1. The number of anilines is 1. The monoisotopic (exact) mass is 444 g/mol. The zero-order chi connectivity index (χ0) is 21.1. The third kappa shape index (κ3) is 4.70. The van der Waals surface area contributed by atoms with Gasteiger partial charge >= 0.3 is 0 Å². The van der Waals surface area contributed by atoms with Gasteiger partial charge < -0.3 is 5.32 Å². The third-order valence-electron chi connectivity index (χ3n) is 5.00. The Bertz CT molecular complexity index is 1100. The standard InChI is InChI=1S/C21H24N4O3S2/c1-24(15-21-23-18-6-2-3-7-19(18)29-21)14-20(26)22-16-8-10-17(11-9-16)30(27,28)25-12-4-5-13-25/h2-3,6-11H,4-5,12-15H2,1H3,(H,22,26). The van der Waals surface area contributed by atoms with Gasteiger partial charge in [0.1, 0.15) is 5.01 Å². The van der Waals surface area contributed by atoms with E-state index in [0.717, 1.165) is 28.1 Å². The maximum Gasteiger partial charge on any atom is 0.243 e. The molecule has 4 rings (SSSR count). The van der Waals surface area contributed by atoms with E-state index in [-0.39, 0.29) is 17.3 Å². The molecule has 0 atom stereocenters. The minimum Gasteiger partial charge on any atom is -0.325 e. The molecule has 158 valence electrons. The van der Waals surface area contributed by atoms with Crippen LogP contribution in [0, 0.1) is 0 Å². The molecular formula is C21H24N4O3S2. The third-order valence-corrected chi connectivity index (χ3v) is 7.93. The fourth-order valence-electron chi connectivity index (χ4n) is 3.51. The summed E-state index contributed by atoms with van der Waals surface area (Å²) in [5, 5.41) is 3.79. The fourth-order valence-corrected chi connectivity index (χ4v) is 6.07. The van der Waals surface area contributed by atoms with Crippen molar-refractivity contribution in [1.82, 2.24) is 14.2 Å². The lowest BCUT2D eigenvalue weighted by molar-refractivity contribution is -0.117. The number of hydrogen-bond donors (Lipinski definition) is 1. The molecule has 3 aromatic rings. The summed E-state index contributed by atoms with van der Waals surface area (Å²) in [6, 6.07) is 14.3. The van der Waals surface area contributed by atoms with Crippen LogP contribution in [0.3, 0.4) is 0 Å². The predicted molar refractivity (Wildman–Crippen MR) is 119 cm³/mol. The number of amides is 1. The van der Waals surface area contributed by atoms with Gasteiger partial charge in [-0.25, -0.2) is 13.4 Å². The van der Waals surface area contributed by atoms with E-state index in [1.165, 1.54) is 4.31 Å². The number of rotatable bonds is 7. The predicted octanol–water partition coefficient (Wildman–Crippen LogP) is 3.15. The molecule has 2 aromatic carbocycles. The Morgan fingerprint density at radius 1 is 1.13 bits per heavy atom. The van der Waals surface area contributed by atoms with Gasteiger partial charge in [-0.3, -0.25) is 9.69 Å². The van der Waals surface area contributed by atoms with Gasteiger partial charge in [0, 0.05) is 18.8 Å². The molecule has 30 heavy (non-hydrogen) atoms. The molecule has 0 aliphatic carbocycles. The van der Waals surface area contributed by atoms with E-state index in [2.05, 4.69) is 10.3 Å². The average molecular weight is 445 g/mol. The van der Waals surface area contributed by atoms with Gasteiger partial charge in [-0.1, -0.05) is 12.1 Å². The molecule has 1 aliphatic heterocycles. The highest BCUT2D eigenvalue weighted by atomic mass is 32.2. The van der Waals surface area contributed by atoms with Crippen molar-refractivity contribution in [3.8, 4) is 0 Å². The first-order chi connectivity index (χ1) is 14.4. The van der Waals surface area contributed by atoms with Gasteiger partial charge in [-0.15, -0.1) is 11.3 Å². The van der Waals surface area contributed by atoms with Crippen LogP contribution in [0.4, 0.5) is 5.69 Å². The number of fused-ring (bicyclic) bond motifs is 1. The summed E-state index contributed by atoms with van der Waals surface area (Å²) >= 11 is 1.63. The van der Waals surface area contributed by atoms with Gasteiger partial charge in [0.15, 0.2) is 0 Å². The summed E-state index contributed by atoms with van der Waals surface area (Å²) in [5.74, 6) is -0.159. The molecule has 0 radical (unpaired) electrons. The van der Waals surface area contributed by atoms with Crippen molar-refractivity contribution in [1.29, 1.82) is 0 Å². The normalized spacial score (nSPS) is 15.1. The summed E-state index contributed by atoms with van der Waals surface area (Å²) < 4.78 is 27.8. The summed E-state index contributed by atoms with van der Waals surface area (Å²) in [5.41, 5.74) is 1.55. The molecule has 0 spiro atoms. The second kappa shape index (κ2) is 8.81. The van der Waals surface area contributed by atoms with Crippen LogP contribution in [0.1, 0.15) is 17.8 Å². The van der Waals surface area contributed by atoms with E-state index < -0.39 is 10.0 Å². The summed E-state index contributed by atoms with van der Waals surface area (Å²) in [4.78, 5) is 19.1. The van der Waals surface area contributed by atoms with Crippen molar-refractivity contribution in [2.45, 2.75) is 24.3 Å². The highest BCUT2D eigenvalue weighted by molar-refractivity contribution is 7.89. The van der Waals surface area contributed by atoms with E-state index in [0.29, 0.717) is 25.3 Å². The highest BCUT2D eigenvalue weighted by Gasteiger charge is 2.26. The Morgan fingerprint density at radius 3 is 2.53 bits per heavy atom. The van der Waals surface area contributed by atoms with Crippen molar-refractivity contribution < 1.29 is 13.2 Å². The molecule has 0 bridgehead atoms. The molecule has 1 aliphatic rings. The number of benzene rings is 2. The van der Waals surface area contributed by atoms with Gasteiger partial charge in [0.25, 0.3) is 0 Å². The van der Waals surface area contributed by atoms with Gasteiger partial charge in [0.05, 0.1) is 28.2 Å². The van der Waals surface area contributed by atoms with Gasteiger partial charge in [-0.05, 0) is 56.3 Å². The molecule has 2 heterocycles. The van der Waals surface area contributed by atoms with Crippen LogP contribution in [-0.4, -0.2) is 55.2 Å². The number of thiazole rings is 1. The lowest BCUT2D eigenvalue weighted by Gasteiger charge is -2.16. The number of para-hydroxylation sites is 1.